The van der Waals surface area contributed by atoms with Gasteiger partial charge in [0, 0.05) is 26.2 Å². The molecule has 1 aromatic carbocycles. The zero-order valence-corrected chi connectivity index (χ0v) is 14.9. The van der Waals surface area contributed by atoms with Crippen LogP contribution in [0, 0.1) is 5.92 Å². The van der Waals surface area contributed by atoms with Gasteiger partial charge in [0.25, 0.3) is 0 Å². The molecular formula is C20H30N2O2. The standard InChI is InChI=1S/C20H30N2O2/c1-24-19-10-8-17(9-11-19)15-21-12-6-7-18(16-21)20(23)22-13-4-2-3-5-14-22/h8-11,18H,2-7,12-16H2,1H3/t18-/m1/s1. The number of carbonyl (C=O) groups excluding carboxylic acids is 1. The smallest absolute Gasteiger partial charge is 0.226 e. The van der Waals surface area contributed by atoms with Crippen LogP contribution in [0.4, 0.5) is 0 Å². The van der Waals surface area contributed by atoms with Gasteiger partial charge >= 0.3 is 0 Å². The minimum Gasteiger partial charge on any atom is -0.497 e. The van der Waals surface area contributed by atoms with Crippen LogP contribution >= 0.6 is 0 Å². The van der Waals surface area contributed by atoms with Gasteiger partial charge in [0.1, 0.15) is 5.75 Å². The molecule has 2 aliphatic rings. The first-order valence-electron chi connectivity index (χ1n) is 9.40. The van der Waals surface area contributed by atoms with Crippen molar-refractivity contribution in [3.05, 3.63) is 29.8 Å². The van der Waals surface area contributed by atoms with Crippen molar-refractivity contribution in [2.24, 2.45) is 5.92 Å². The average molecular weight is 330 g/mol. The van der Waals surface area contributed by atoms with Gasteiger partial charge in [0.15, 0.2) is 0 Å². The van der Waals surface area contributed by atoms with E-state index in [1.807, 2.05) is 12.1 Å². The van der Waals surface area contributed by atoms with Crippen molar-refractivity contribution < 1.29 is 9.53 Å². The Hall–Kier alpha value is -1.55. The first kappa shape index (κ1) is 17.3. The summed E-state index contributed by atoms with van der Waals surface area (Å²) in [5, 5.41) is 0. The van der Waals surface area contributed by atoms with Crippen LogP contribution < -0.4 is 4.74 Å². The van der Waals surface area contributed by atoms with E-state index in [9.17, 15) is 4.79 Å². The number of methoxy groups -OCH3 is 1. The highest BCUT2D eigenvalue weighted by molar-refractivity contribution is 5.79. The molecule has 24 heavy (non-hydrogen) atoms. The zero-order valence-electron chi connectivity index (χ0n) is 14.9. The van der Waals surface area contributed by atoms with E-state index in [1.54, 1.807) is 7.11 Å². The number of ether oxygens (including phenoxy) is 1. The molecule has 0 unspecified atom stereocenters. The van der Waals surface area contributed by atoms with E-state index in [0.717, 1.165) is 51.3 Å². The molecule has 1 amide bonds. The molecule has 2 saturated heterocycles. The lowest BCUT2D eigenvalue weighted by Gasteiger charge is -2.34. The number of likely N-dealkylation sites (tertiary alicyclic amines) is 2. The maximum Gasteiger partial charge on any atom is 0.226 e. The van der Waals surface area contributed by atoms with Crippen molar-refractivity contribution in [1.29, 1.82) is 0 Å². The highest BCUT2D eigenvalue weighted by Gasteiger charge is 2.29. The predicted molar refractivity (Wildman–Crippen MR) is 96.0 cm³/mol. The van der Waals surface area contributed by atoms with E-state index in [1.165, 1.54) is 31.2 Å². The minimum absolute atomic E-state index is 0.190. The number of carbonyl (C=O) groups is 1. The number of benzene rings is 1. The van der Waals surface area contributed by atoms with E-state index in [2.05, 4.69) is 21.9 Å². The monoisotopic (exact) mass is 330 g/mol. The number of nitrogens with zero attached hydrogens (tertiary/aromatic N) is 2. The highest BCUT2D eigenvalue weighted by Crippen LogP contribution is 2.23. The number of amides is 1. The molecule has 0 saturated carbocycles. The molecule has 0 aromatic heterocycles. The third-order valence-electron chi connectivity index (χ3n) is 5.34. The Bertz CT molecular complexity index is 521. The third-order valence-corrected chi connectivity index (χ3v) is 5.34. The Labute approximate surface area is 145 Å². The average Bonchev–Trinajstić information content (AvgIpc) is 2.91. The van der Waals surface area contributed by atoms with Crippen molar-refractivity contribution in [3.63, 3.8) is 0 Å². The van der Waals surface area contributed by atoms with Gasteiger partial charge in [0.05, 0.1) is 13.0 Å². The van der Waals surface area contributed by atoms with Gasteiger partial charge in [-0.15, -0.1) is 0 Å². The van der Waals surface area contributed by atoms with Crippen LogP contribution in [0.25, 0.3) is 0 Å². The Morgan fingerprint density at radius 2 is 1.75 bits per heavy atom. The quantitative estimate of drug-likeness (QED) is 0.849. The predicted octanol–water partition coefficient (Wildman–Crippen LogP) is 3.31. The SMILES string of the molecule is COc1ccc(CN2CCC[C@@H](C(=O)N3CCCCCC3)C2)cc1. The number of piperidine rings is 1. The normalized spacial score (nSPS) is 22.9. The van der Waals surface area contributed by atoms with Crippen molar-refractivity contribution in [2.45, 2.75) is 45.1 Å². The van der Waals surface area contributed by atoms with Gasteiger partial charge in [-0.3, -0.25) is 9.69 Å². The van der Waals surface area contributed by atoms with Gasteiger partial charge in [-0.2, -0.15) is 0 Å². The highest BCUT2D eigenvalue weighted by atomic mass is 16.5. The molecule has 4 heteroatoms. The molecule has 1 atom stereocenters. The van der Waals surface area contributed by atoms with Crippen LogP contribution in [0.5, 0.6) is 5.75 Å². The van der Waals surface area contributed by atoms with Crippen molar-refractivity contribution >= 4 is 5.91 Å². The maximum absolute atomic E-state index is 12.9. The number of hydrogen-bond acceptors (Lipinski definition) is 3. The van der Waals surface area contributed by atoms with Gasteiger partial charge in [-0.25, -0.2) is 0 Å². The molecule has 3 rings (SSSR count). The molecule has 0 aliphatic carbocycles. The molecule has 0 bridgehead atoms. The van der Waals surface area contributed by atoms with E-state index in [-0.39, 0.29) is 5.92 Å². The molecule has 0 radical (unpaired) electrons. The summed E-state index contributed by atoms with van der Waals surface area (Å²) in [6, 6.07) is 8.27. The molecule has 2 fully saturated rings. The lowest BCUT2D eigenvalue weighted by molar-refractivity contribution is -0.137. The molecule has 4 nitrogen and oxygen atoms in total. The van der Waals surface area contributed by atoms with Crippen LogP contribution in [-0.4, -0.2) is 49.0 Å². The van der Waals surface area contributed by atoms with E-state index in [4.69, 9.17) is 4.74 Å². The van der Waals surface area contributed by atoms with Crippen LogP contribution in [0.1, 0.15) is 44.1 Å². The summed E-state index contributed by atoms with van der Waals surface area (Å²) in [6.45, 7) is 4.85. The van der Waals surface area contributed by atoms with Crippen LogP contribution in [0.2, 0.25) is 0 Å². The van der Waals surface area contributed by atoms with Gasteiger partial charge in [0.2, 0.25) is 5.91 Å². The molecule has 0 N–H and O–H groups in total. The second-order valence-corrected chi connectivity index (χ2v) is 7.16. The largest absolute Gasteiger partial charge is 0.497 e. The summed E-state index contributed by atoms with van der Waals surface area (Å²) in [6.07, 6.45) is 7.08. The Balaban J connectivity index is 1.55. The Morgan fingerprint density at radius 1 is 1.04 bits per heavy atom. The van der Waals surface area contributed by atoms with E-state index < -0.39 is 0 Å². The summed E-state index contributed by atoms with van der Waals surface area (Å²) < 4.78 is 5.22. The van der Waals surface area contributed by atoms with Gasteiger partial charge in [-0.05, 0) is 49.9 Å². The van der Waals surface area contributed by atoms with E-state index in [0.29, 0.717) is 5.91 Å². The summed E-state index contributed by atoms with van der Waals surface area (Å²) in [7, 11) is 1.69. The molecule has 1 aromatic rings. The minimum atomic E-state index is 0.190. The lowest BCUT2D eigenvalue weighted by Crippen LogP contribution is -2.44. The summed E-state index contributed by atoms with van der Waals surface area (Å²) in [5.74, 6) is 1.48. The van der Waals surface area contributed by atoms with Crippen molar-refractivity contribution in [1.82, 2.24) is 9.80 Å². The van der Waals surface area contributed by atoms with E-state index >= 15 is 0 Å². The third kappa shape index (κ3) is 4.50. The zero-order chi connectivity index (χ0) is 16.8. The van der Waals surface area contributed by atoms with Crippen LogP contribution in [-0.2, 0) is 11.3 Å². The number of rotatable bonds is 4. The molecular weight excluding hydrogens is 300 g/mol. The fraction of sp³-hybridized carbons (Fsp3) is 0.650. The molecule has 2 heterocycles. The second-order valence-electron chi connectivity index (χ2n) is 7.16. The van der Waals surface area contributed by atoms with Gasteiger partial charge < -0.3 is 9.64 Å². The lowest BCUT2D eigenvalue weighted by atomic mass is 9.96. The Kier molecular flexibility index (Phi) is 6.13. The van der Waals surface area contributed by atoms with Crippen molar-refractivity contribution in [2.75, 3.05) is 33.3 Å². The summed E-state index contributed by atoms with van der Waals surface area (Å²) in [5.41, 5.74) is 1.29. The van der Waals surface area contributed by atoms with Crippen LogP contribution in [0.15, 0.2) is 24.3 Å². The van der Waals surface area contributed by atoms with Crippen molar-refractivity contribution in [3.8, 4) is 5.75 Å². The summed E-state index contributed by atoms with van der Waals surface area (Å²) in [4.78, 5) is 17.4. The molecule has 132 valence electrons. The fourth-order valence-corrected chi connectivity index (χ4v) is 3.94. The van der Waals surface area contributed by atoms with Gasteiger partial charge in [-0.1, -0.05) is 25.0 Å². The van der Waals surface area contributed by atoms with Crippen LogP contribution in [0.3, 0.4) is 0 Å². The number of hydrogen-bond donors (Lipinski definition) is 0. The summed E-state index contributed by atoms with van der Waals surface area (Å²) >= 11 is 0. The second kappa shape index (κ2) is 8.52. The molecule has 2 aliphatic heterocycles. The fourth-order valence-electron chi connectivity index (χ4n) is 3.94. The topological polar surface area (TPSA) is 32.8 Å². The maximum atomic E-state index is 12.9. The Morgan fingerprint density at radius 3 is 2.42 bits per heavy atom. The first-order chi connectivity index (χ1) is 11.8. The first-order valence-corrected chi connectivity index (χ1v) is 9.40. The molecule has 0 spiro atoms.